The standard InChI is InChI=1S/C15H13BrClNOS/c16-13-6-1-2-7-14(13)18-15(19)10-20-9-11-4-3-5-12(17)8-11/h1-8H,9-10H2,(H,18,19). The summed E-state index contributed by atoms with van der Waals surface area (Å²) in [5.74, 6) is 1.17. The lowest BCUT2D eigenvalue weighted by atomic mass is 10.2. The van der Waals surface area contributed by atoms with Gasteiger partial charge < -0.3 is 5.32 Å². The van der Waals surface area contributed by atoms with Crippen LogP contribution in [0.25, 0.3) is 0 Å². The number of rotatable bonds is 5. The molecule has 0 aliphatic carbocycles. The Morgan fingerprint density at radius 3 is 2.75 bits per heavy atom. The van der Waals surface area contributed by atoms with Gasteiger partial charge in [0.15, 0.2) is 0 Å². The van der Waals surface area contributed by atoms with Crippen LogP contribution in [-0.4, -0.2) is 11.7 Å². The third kappa shape index (κ3) is 4.85. The summed E-state index contributed by atoms with van der Waals surface area (Å²) in [6.45, 7) is 0. The van der Waals surface area contributed by atoms with Crippen LogP contribution in [0, 0.1) is 0 Å². The minimum absolute atomic E-state index is 0.0103. The minimum Gasteiger partial charge on any atom is -0.324 e. The molecule has 0 atom stereocenters. The molecular formula is C15H13BrClNOS. The monoisotopic (exact) mass is 369 g/mol. The highest BCUT2D eigenvalue weighted by Crippen LogP contribution is 2.22. The van der Waals surface area contributed by atoms with Crippen molar-refractivity contribution in [2.75, 3.05) is 11.1 Å². The summed E-state index contributed by atoms with van der Waals surface area (Å²) in [6, 6.07) is 15.2. The van der Waals surface area contributed by atoms with Crippen molar-refractivity contribution >= 4 is 50.9 Å². The van der Waals surface area contributed by atoms with E-state index in [4.69, 9.17) is 11.6 Å². The van der Waals surface area contributed by atoms with E-state index in [0.29, 0.717) is 5.75 Å². The van der Waals surface area contributed by atoms with Crippen molar-refractivity contribution in [3.63, 3.8) is 0 Å². The number of nitrogens with one attached hydrogen (secondary N) is 1. The van der Waals surface area contributed by atoms with E-state index in [2.05, 4.69) is 21.2 Å². The average Bonchev–Trinajstić information content (AvgIpc) is 2.41. The molecular weight excluding hydrogens is 358 g/mol. The molecule has 1 N–H and O–H groups in total. The smallest absolute Gasteiger partial charge is 0.234 e. The first-order valence-electron chi connectivity index (χ1n) is 6.02. The molecule has 0 aliphatic rings. The van der Waals surface area contributed by atoms with Crippen molar-refractivity contribution in [1.29, 1.82) is 0 Å². The highest BCUT2D eigenvalue weighted by atomic mass is 79.9. The second-order valence-electron chi connectivity index (χ2n) is 4.15. The van der Waals surface area contributed by atoms with E-state index >= 15 is 0 Å². The molecule has 5 heteroatoms. The maximum atomic E-state index is 11.8. The normalized spacial score (nSPS) is 10.3. The summed E-state index contributed by atoms with van der Waals surface area (Å²) in [5, 5.41) is 3.60. The SMILES string of the molecule is O=C(CSCc1cccc(Cl)c1)Nc1ccccc1Br. The van der Waals surface area contributed by atoms with Gasteiger partial charge in [0.05, 0.1) is 11.4 Å². The van der Waals surface area contributed by atoms with E-state index in [-0.39, 0.29) is 5.91 Å². The molecule has 0 spiro atoms. The number of carbonyl (C=O) groups excluding carboxylic acids is 1. The van der Waals surface area contributed by atoms with Crippen LogP contribution in [0.3, 0.4) is 0 Å². The van der Waals surface area contributed by atoms with Gasteiger partial charge in [0.2, 0.25) is 5.91 Å². The highest BCUT2D eigenvalue weighted by molar-refractivity contribution is 9.10. The van der Waals surface area contributed by atoms with Crippen molar-refractivity contribution in [2.45, 2.75) is 5.75 Å². The number of carbonyl (C=O) groups is 1. The van der Waals surface area contributed by atoms with E-state index in [9.17, 15) is 4.79 Å². The molecule has 2 aromatic rings. The number of thioether (sulfide) groups is 1. The molecule has 0 saturated heterocycles. The lowest BCUT2D eigenvalue weighted by Gasteiger charge is -2.07. The van der Waals surface area contributed by atoms with Crippen molar-refractivity contribution in [2.24, 2.45) is 0 Å². The quantitative estimate of drug-likeness (QED) is 0.804. The van der Waals surface area contributed by atoms with E-state index in [1.165, 1.54) is 0 Å². The van der Waals surface area contributed by atoms with Crippen LogP contribution in [0.5, 0.6) is 0 Å². The molecule has 0 radical (unpaired) electrons. The summed E-state index contributed by atoms with van der Waals surface area (Å²) in [5.41, 5.74) is 1.91. The summed E-state index contributed by atoms with van der Waals surface area (Å²) in [6.07, 6.45) is 0. The number of anilines is 1. The molecule has 2 nitrogen and oxygen atoms in total. The predicted octanol–water partition coefficient (Wildman–Crippen LogP) is 4.97. The molecule has 0 fully saturated rings. The molecule has 0 unspecified atom stereocenters. The summed E-state index contributed by atoms with van der Waals surface area (Å²) in [7, 11) is 0. The van der Waals surface area contributed by atoms with Gasteiger partial charge in [-0.3, -0.25) is 4.79 Å². The molecule has 0 saturated carbocycles. The highest BCUT2D eigenvalue weighted by Gasteiger charge is 2.05. The van der Waals surface area contributed by atoms with Crippen molar-refractivity contribution in [1.82, 2.24) is 0 Å². The number of halogens is 2. The first-order valence-corrected chi connectivity index (χ1v) is 8.34. The zero-order chi connectivity index (χ0) is 14.4. The average molecular weight is 371 g/mol. The Balaban J connectivity index is 1.80. The zero-order valence-corrected chi connectivity index (χ0v) is 13.8. The molecule has 20 heavy (non-hydrogen) atoms. The van der Waals surface area contributed by atoms with Crippen molar-refractivity contribution < 1.29 is 4.79 Å². The Hall–Kier alpha value is -0.970. The van der Waals surface area contributed by atoms with Gasteiger partial charge >= 0.3 is 0 Å². The van der Waals surface area contributed by atoms with Gasteiger partial charge in [-0.1, -0.05) is 35.9 Å². The number of hydrogen-bond acceptors (Lipinski definition) is 2. The molecule has 104 valence electrons. The number of para-hydroxylation sites is 1. The molecule has 0 bridgehead atoms. The third-order valence-corrected chi connectivity index (χ3v) is 4.47. The molecule has 0 heterocycles. The Morgan fingerprint density at radius 1 is 1.20 bits per heavy atom. The van der Waals surface area contributed by atoms with Gasteiger partial charge in [0, 0.05) is 15.2 Å². The molecule has 0 aliphatic heterocycles. The lowest BCUT2D eigenvalue weighted by Crippen LogP contribution is -2.14. The lowest BCUT2D eigenvalue weighted by molar-refractivity contribution is -0.113. The minimum atomic E-state index is -0.0103. The van der Waals surface area contributed by atoms with Gasteiger partial charge in [-0.2, -0.15) is 0 Å². The molecule has 0 aromatic heterocycles. The molecule has 1 amide bonds. The number of amides is 1. The van der Waals surface area contributed by atoms with Crippen LogP contribution in [0.15, 0.2) is 53.0 Å². The molecule has 2 rings (SSSR count). The van der Waals surface area contributed by atoms with Crippen LogP contribution in [0.2, 0.25) is 5.02 Å². The fourth-order valence-electron chi connectivity index (χ4n) is 1.64. The summed E-state index contributed by atoms with van der Waals surface area (Å²) >= 11 is 10.9. The second kappa shape index (κ2) is 7.72. The van der Waals surface area contributed by atoms with Crippen molar-refractivity contribution in [3.05, 3.63) is 63.6 Å². The Morgan fingerprint density at radius 2 is 2.00 bits per heavy atom. The summed E-state index contributed by atoms with van der Waals surface area (Å²) in [4.78, 5) is 11.8. The van der Waals surface area contributed by atoms with E-state index in [0.717, 1.165) is 26.5 Å². The zero-order valence-electron chi connectivity index (χ0n) is 10.6. The largest absolute Gasteiger partial charge is 0.324 e. The topological polar surface area (TPSA) is 29.1 Å². The van der Waals surface area contributed by atoms with Crippen LogP contribution in [0.1, 0.15) is 5.56 Å². The number of hydrogen-bond donors (Lipinski definition) is 1. The van der Waals surface area contributed by atoms with Gasteiger partial charge in [-0.25, -0.2) is 0 Å². The fraction of sp³-hybridized carbons (Fsp3) is 0.133. The Kier molecular flexibility index (Phi) is 5.95. The van der Waals surface area contributed by atoms with Crippen LogP contribution < -0.4 is 5.32 Å². The fourth-order valence-corrected chi connectivity index (χ4v) is 3.01. The van der Waals surface area contributed by atoms with E-state index in [1.54, 1.807) is 11.8 Å². The first-order chi connectivity index (χ1) is 9.65. The Bertz CT molecular complexity index is 606. The van der Waals surface area contributed by atoms with Crippen LogP contribution >= 0.6 is 39.3 Å². The predicted molar refractivity (Wildman–Crippen MR) is 90.4 cm³/mol. The molecule has 2 aromatic carbocycles. The van der Waals surface area contributed by atoms with E-state index < -0.39 is 0 Å². The number of benzene rings is 2. The Labute approximate surface area is 136 Å². The third-order valence-electron chi connectivity index (χ3n) is 2.54. The first kappa shape index (κ1) is 15.4. The van der Waals surface area contributed by atoms with Gasteiger partial charge in [-0.05, 0) is 45.8 Å². The maximum Gasteiger partial charge on any atom is 0.234 e. The maximum absolute atomic E-state index is 11.8. The van der Waals surface area contributed by atoms with Crippen LogP contribution in [-0.2, 0) is 10.5 Å². The van der Waals surface area contributed by atoms with Crippen LogP contribution in [0.4, 0.5) is 5.69 Å². The van der Waals surface area contributed by atoms with E-state index in [1.807, 2.05) is 48.5 Å². The van der Waals surface area contributed by atoms with Gasteiger partial charge in [0.1, 0.15) is 0 Å². The van der Waals surface area contributed by atoms with Gasteiger partial charge in [-0.15, -0.1) is 11.8 Å². The van der Waals surface area contributed by atoms with Crippen molar-refractivity contribution in [3.8, 4) is 0 Å². The second-order valence-corrected chi connectivity index (χ2v) is 6.43. The summed E-state index contributed by atoms with van der Waals surface area (Å²) < 4.78 is 0.883. The van der Waals surface area contributed by atoms with Gasteiger partial charge in [0.25, 0.3) is 0 Å².